The lowest BCUT2D eigenvalue weighted by Gasteiger charge is -2.28. The predicted octanol–water partition coefficient (Wildman–Crippen LogP) is 2.41. The average molecular weight is 378 g/mol. The topological polar surface area (TPSA) is 80.3 Å². The van der Waals surface area contributed by atoms with Gasteiger partial charge in [0.05, 0.1) is 25.5 Å². The number of aromatic amines is 1. The monoisotopic (exact) mass is 378 g/mol. The maximum atomic E-state index is 12.7. The highest BCUT2D eigenvalue weighted by molar-refractivity contribution is 5.53. The molecule has 4 rings (SSSR count). The predicted molar refractivity (Wildman–Crippen MR) is 105 cm³/mol. The quantitative estimate of drug-likeness (QED) is 0.734. The van der Waals surface area contributed by atoms with Gasteiger partial charge in [0.1, 0.15) is 17.3 Å². The van der Waals surface area contributed by atoms with Crippen LogP contribution in [0.15, 0.2) is 47.5 Å². The van der Waals surface area contributed by atoms with Crippen LogP contribution in [0.2, 0.25) is 0 Å². The summed E-state index contributed by atoms with van der Waals surface area (Å²) in [6, 6.07) is 9.48. The van der Waals surface area contributed by atoms with E-state index in [0.29, 0.717) is 18.9 Å². The van der Waals surface area contributed by atoms with Gasteiger partial charge in [-0.2, -0.15) is 0 Å². The van der Waals surface area contributed by atoms with Gasteiger partial charge < -0.3 is 14.5 Å². The fourth-order valence-electron chi connectivity index (χ4n) is 3.50. The van der Waals surface area contributed by atoms with Crippen LogP contribution >= 0.6 is 0 Å². The Balaban J connectivity index is 1.58. The van der Waals surface area contributed by atoms with Crippen molar-refractivity contribution in [2.75, 3.05) is 20.8 Å². The summed E-state index contributed by atoms with van der Waals surface area (Å²) in [5.41, 5.74) is 3.33. The number of nitrogens with one attached hydrogen (secondary N) is 1. The molecule has 0 radical (unpaired) electrons. The molecule has 0 atom stereocenters. The van der Waals surface area contributed by atoms with E-state index in [2.05, 4.69) is 19.9 Å². The number of ether oxygens (including phenoxy) is 2. The summed E-state index contributed by atoms with van der Waals surface area (Å²) in [4.78, 5) is 26.6. The molecule has 3 aromatic rings. The van der Waals surface area contributed by atoms with E-state index in [0.717, 1.165) is 46.8 Å². The van der Waals surface area contributed by atoms with E-state index in [-0.39, 0.29) is 5.56 Å². The lowest BCUT2D eigenvalue weighted by atomic mass is 10.0. The summed E-state index contributed by atoms with van der Waals surface area (Å²) in [7, 11) is 3.30. The van der Waals surface area contributed by atoms with Gasteiger partial charge in [0, 0.05) is 49.6 Å². The summed E-state index contributed by atoms with van der Waals surface area (Å²) in [6.45, 7) is 2.03. The standard InChI is InChI=1S/C21H22N4O3/c1-27-16-5-6-19(28-2)15(10-16)12-25-9-7-18-17(13-25)21(26)24-20(23-18)14-4-3-8-22-11-14/h3-6,8,10-11H,7,9,12-13H2,1-2H3,(H,23,24,26). The molecule has 0 bridgehead atoms. The highest BCUT2D eigenvalue weighted by atomic mass is 16.5. The average Bonchev–Trinajstić information content (AvgIpc) is 2.74. The van der Waals surface area contributed by atoms with E-state index < -0.39 is 0 Å². The first-order chi connectivity index (χ1) is 13.7. The zero-order chi connectivity index (χ0) is 19.5. The lowest BCUT2D eigenvalue weighted by Crippen LogP contribution is -2.35. The molecule has 3 heterocycles. The summed E-state index contributed by atoms with van der Waals surface area (Å²) in [5, 5.41) is 0. The minimum atomic E-state index is -0.0915. The molecule has 1 aliphatic rings. The van der Waals surface area contributed by atoms with E-state index in [1.807, 2.05) is 30.3 Å². The van der Waals surface area contributed by atoms with Crippen LogP contribution in [0.3, 0.4) is 0 Å². The van der Waals surface area contributed by atoms with Crippen molar-refractivity contribution in [1.29, 1.82) is 0 Å². The van der Waals surface area contributed by atoms with Crippen LogP contribution in [0.25, 0.3) is 11.4 Å². The second-order valence-electron chi connectivity index (χ2n) is 6.72. The molecule has 7 heteroatoms. The van der Waals surface area contributed by atoms with E-state index in [1.54, 1.807) is 26.6 Å². The van der Waals surface area contributed by atoms with Gasteiger partial charge in [-0.25, -0.2) is 4.98 Å². The van der Waals surface area contributed by atoms with Crippen molar-refractivity contribution in [3.63, 3.8) is 0 Å². The number of aromatic nitrogens is 3. The fraction of sp³-hybridized carbons (Fsp3) is 0.286. The van der Waals surface area contributed by atoms with Crippen molar-refractivity contribution in [3.05, 3.63) is 69.9 Å². The zero-order valence-electron chi connectivity index (χ0n) is 15.9. The molecule has 144 valence electrons. The Hall–Kier alpha value is -3.19. The van der Waals surface area contributed by atoms with Gasteiger partial charge >= 0.3 is 0 Å². The van der Waals surface area contributed by atoms with Gasteiger partial charge in [-0.1, -0.05) is 0 Å². The molecule has 0 saturated carbocycles. The molecule has 0 spiro atoms. The largest absolute Gasteiger partial charge is 0.497 e. The Morgan fingerprint density at radius 3 is 2.86 bits per heavy atom. The van der Waals surface area contributed by atoms with Crippen LogP contribution in [0.5, 0.6) is 11.5 Å². The Morgan fingerprint density at radius 2 is 2.11 bits per heavy atom. The van der Waals surface area contributed by atoms with E-state index in [4.69, 9.17) is 9.47 Å². The molecule has 0 fully saturated rings. The van der Waals surface area contributed by atoms with Gasteiger partial charge in [0.2, 0.25) is 0 Å². The summed E-state index contributed by atoms with van der Waals surface area (Å²) < 4.78 is 10.8. The third kappa shape index (κ3) is 3.61. The van der Waals surface area contributed by atoms with Gasteiger partial charge in [-0.05, 0) is 30.3 Å². The minimum Gasteiger partial charge on any atom is -0.497 e. The Bertz CT molecular complexity index is 1030. The van der Waals surface area contributed by atoms with E-state index in [9.17, 15) is 4.79 Å². The fourth-order valence-corrected chi connectivity index (χ4v) is 3.50. The van der Waals surface area contributed by atoms with E-state index in [1.165, 1.54) is 0 Å². The SMILES string of the molecule is COc1ccc(OC)c(CN2CCc3nc(-c4cccnc4)[nH]c(=O)c3C2)c1. The van der Waals surface area contributed by atoms with Crippen LogP contribution in [0, 0.1) is 0 Å². The van der Waals surface area contributed by atoms with Crippen LogP contribution in [0.4, 0.5) is 0 Å². The van der Waals surface area contributed by atoms with Gasteiger partial charge in [0.15, 0.2) is 0 Å². The van der Waals surface area contributed by atoms with Crippen molar-refractivity contribution in [2.45, 2.75) is 19.5 Å². The third-order valence-corrected chi connectivity index (χ3v) is 4.96. The van der Waals surface area contributed by atoms with Gasteiger partial charge in [-0.15, -0.1) is 0 Å². The first-order valence-corrected chi connectivity index (χ1v) is 9.13. The number of hydrogen-bond acceptors (Lipinski definition) is 6. The second-order valence-corrected chi connectivity index (χ2v) is 6.72. The van der Waals surface area contributed by atoms with Crippen molar-refractivity contribution in [1.82, 2.24) is 19.9 Å². The highest BCUT2D eigenvalue weighted by Gasteiger charge is 2.22. The number of methoxy groups -OCH3 is 2. The molecule has 0 unspecified atom stereocenters. The summed E-state index contributed by atoms with van der Waals surface area (Å²) >= 11 is 0. The molecule has 28 heavy (non-hydrogen) atoms. The van der Waals surface area contributed by atoms with E-state index >= 15 is 0 Å². The van der Waals surface area contributed by atoms with Crippen LogP contribution in [-0.2, 0) is 19.5 Å². The molecule has 7 nitrogen and oxygen atoms in total. The second kappa shape index (κ2) is 7.82. The number of pyridine rings is 1. The van der Waals surface area contributed by atoms with Crippen LogP contribution < -0.4 is 15.0 Å². The van der Waals surface area contributed by atoms with Gasteiger partial charge in [0.25, 0.3) is 5.56 Å². The molecule has 0 aliphatic carbocycles. The molecular weight excluding hydrogens is 356 g/mol. The zero-order valence-corrected chi connectivity index (χ0v) is 15.9. The molecule has 2 aromatic heterocycles. The Labute approximate surface area is 163 Å². The van der Waals surface area contributed by atoms with Crippen molar-refractivity contribution < 1.29 is 9.47 Å². The van der Waals surface area contributed by atoms with Gasteiger partial charge in [-0.3, -0.25) is 14.7 Å². The Morgan fingerprint density at radius 1 is 1.21 bits per heavy atom. The van der Waals surface area contributed by atoms with Crippen LogP contribution in [-0.4, -0.2) is 40.6 Å². The third-order valence-electron chi connectivity index (χ3n) is 4.96. The lowest BCUT2D eigenvalue weighted by molar-refractivity contribution is 0.237. The molecule has 1 N–H and O–H groups in total. The number of nitrogens with zero attached hydrogens (tertiary/aromatic N) is 3. The summed E-state index contributed by atoms with van der Waals surface area (Å²) in [5.74, 6) is 2.17. The molecule has 1 aromatic carbocycles. The minimum absolute atomic E-state index is 0.0915. The number of rotatable bonds is 5. The first kappa shape index (κ1) is 18.2. The number of fused-ring (bicyclic) bond motifs is 1. The first-order valence-electron chi connectivity index (χ1n) is 9.13. The molecule has 0 amide bonds. The molecule has 0 saturated heterocycles. The van der Waals surface area contributed by atoms with Crippen molar-refractivity contribution in [2.24, 2.45) is 0 Å². The maximum absolute atomic E-state index is 12.7. The van der Waals surface area contributed by atoms with Crippen LogP contribution in [0.1, 0.15) is 16.8 Å². The Kier molecular flexibility index (Phi) is 5.08. The maximum Gasteiger partial charge on any atom is 0.255 e. The summed E-state index contributed by atoms with van der Waals surface area (Å²) in [6.07, 6.45) is 4.12. The van der Waals surface area contributed by atoms with Crippen molar-refractivity contribution >= 4 is 0 Å². The number of H-pyrrole nitrogens is 1. The van der Waals surface area contributed by atoms with Crippen molar-refractivity contribution in [3.8, 4) is 22.9 Å². The highest BCUT2D eigenvalue weighted by Crippen LogP contribution is 2.27. The molecular formula is C21H22N4O3. The normalized spacial score (nSPS) is 13.8. The molecule has 1 aliphatic heterocycles. The smallest absolute Gasteiger partial charge is 0.255 e. The number of hydrogen-bond donors (Lipinski definition) is 1. The number of benzene rings is 1.